The van der Waals surface area contributed by atoms with E-state index in [-0.39, 0.29) is 28.0 Å². The van der Waals surface area contributed by atoms with Crippen LogP contribution in [0.25, 0.3) is 0 Å². The first-order valence-electron chi connectivity index (χ1n) is 4.01. The molecule has 0 spiro atoms. The summed E-state index contributed by atoms with van der Waals surface area (Å²) in [6, 6.07) is 1.03. The highest BCUT2D eigenvalue weighted by molar-refractivity contribution is 9.08. The largest absolute Gasteiger partial charge is 0.494 e. The Balaban J connectivity index is 3.38. The molecule has 1 rings (SSSR count). The van der Waals surface area contributed by atoms with Crippen molar-refractivity contribution in [3.8, 4) is 5.75 Å². The molecule has 82 valence electrons. The Morgan fingerprint density at radius 2 is 2.33 bits per heavy atom. The fourth-order valence-corrected chi connectivity index (χ4v) is 1.56. The Morgan fingerprint density at radius 3 is 2.73 bits per heavy atom. The number of methoxy groups -OCH3 is 1. The molecule has 0 amide bonds. The van der Waals surface area contributed by atoms with Gasteiger partial charge >= 0.3 is 0 Å². The van der Waals surface area contributed by atoms with Crippen LogP contribution in [-0.4, -0.2) is 18.4 Å². The molecular formula is C9H8BrF2NO2. The van der Waals surface area contributed by atoms with Gasteiger partial charge in [0.25, 0.3) is 6.43 Å². The maximum Gasteiger partial charge on any atom is 0.267 e. The highest BCUT2D eigenvalue weighted by atomic mass is 79.9. The summed E-state index contributed by atoms with van der Waals surface area (Å²) in [4.78, 5) is 14.3. The van der Waals surface area contributed by atoms with Crippen LogP contribution in [-0.2, 0) is 5.33 Å². The van der Waals surface area contributed by atoms with Crippen LogP contribution in [0.2, 0.25) is 0 Å². The standard InChI is InChI=1S/C9H8BrF2NO2/c1-15-8-6(9(11)12)2-5(4-14)13-7(8)3-10/h2,4,9H,3H2,1H3. The predicted octanol–water partition coefficient (Wildman–Crippen LogP) is 2.74. The first-order chi connectivity index (χ1) is 7.13. The molecule has 0 saturated heterocycles. The van der Waals surface area contributed by atoms with Crippen LogP contribution >= 0.6 is 15.9 Å². The Kier molecular flexibility index (Phi) is 4.14. The Bertz CT molecular complexity index is 371. The van der Waals surface area contributed by atoms with E-state index in [9.17, 15) is 13.6 Å². The van der Waals surface area contributed by atoms with Crippen LogP contribution in [0.1, 0.15) is 28.2 Å². The summed E-state index contributed by atoms with van der Waals surface area (Å²) in [6.07, 6.45) is -2.27. The molecule has 1 heterocycles. The van der Waals surface area contributed by atoms with Gasteiger partial charge in [0.2, 0.25) is 0 Å². The van der Waals surface area contributed by atoms with E-state index in [2.05, 4.69) is 20.9 Å². The lowest BCUT2D eigenvalue weighted by molar-refractivity contribution is 0.111. The number of aromatic nitrogens is 1. The molecule has 0 aliphatic rings. The van der Waals surface area contributed by atoms with E-state index in [0.717, 1.165) is 6.07 Å². The van der Waals surface area contributed by atoms with E-state index in [1.165, 1.54) is 7.11 Å². The van der Waals surface area contributed by atoms with E-state index in [0.29, 0.717) is 6.29 Å². The van der Waals surface area contributed by atoms with E-state index in [4.69, 9.17) is 4.74 Å². The van der Waals surface area contributed by atoms with E-state index < -0.39 is 6.43 Å². The molecule has 0 radical (unpaired) electrons. The molecule has 0 saturated carbocycles. The second-order valence-electron chi connectivity index (χ2n) is 2.67. The van der Waals surface area contributed by atoms with Crippen molar-refractivity contribution >= 4 is 22.2 Å². The second-order valence-corrected chi connectivity index (χ2v) is 3.23. The Labute approximate surface area is 93.6 Å². The fraction of sp³-hybridized carbons (Fsp3) is 0.333. The number of aldehydes is 1. The molecule has 15 heavy (non-hydrogen) atoms. The molecule has 0 N–H and O–H groups in total. The number of hydrogen-bond donors (Lipinski definition) is 0. The molecule has 0 atom stereocenters. The lowest BCUT2D eigenvalue weighted by atomic mass is 10.2. The van der Waals surface area contributed by atoms with Crippen molar-refractivity contribution in [2.45, 2.75) is 11.8 Å². The molecule has 3 nitrogen and oxygen atoms in total. The first-order valence-corrected chi connectivity index (χ1v) is 5.13. The van der Waals surface area contributed by atoms with Crippen LogP contribution in [0, 0.1) is 0 Å². The van der Waals surface area contributed by atoms with E-state index in [1.807, 2.05) is 0 Å². The van der Waals surface area contributed by atoms with Gasteiger partial charge in [0.15, 0.2) is 6.29 Å². The zero-order chi connectivity index (χ0) is 11.4. The summed E-state index contributed by atoms with van der Waals surface area (Å²) >= 11 is 3.09. The molecular weight excluding hydrogens is 272 g/mol. The highest BCUT2D eigenvalue weighted by Crippen LogP contribution is 2.32. The number of carbonyl (C=O) groups excluding carboxylic acids is 1. The van der Waals surface area contributed by atoms with Crippen LogP contribution in [0.15, 0.2) is 6.07 Å². The minimum Gasteiger partial charge on any atom is -0.494 e. The minimum atomic E-state index is -2.69. The number of pyridine rings is 1. The molecule has 0 aromatic carbocycles. The normalized spacial score (nSPS) is 10.5. The van der Waals surface area contributed by atoms with E-state index >= 15 is 0 Å². The summed E-state index contributed by atoms with van der Waals surface area (Å²) in [5.74, 6) is 0.0208. The summed E-state index contributed by atoms with van der Waals surface area (Å²) in [7, 11) is 1.29. The van der Waals surface area contributed by atoms with Gasteiger partial charge < -0.3 is 4.74 Å². The second kappa shape index (κ2) is 5.16. The molecule has 0 unspecified atom stereocenters. The fourth-order valence-electron chi connectivity index (χ4n) is 1.18. The molecule has 0 fully saturated rings. The van der Waals surface area contributed by atoms with Crippen LogP contribution in [0.4, 0.5) is 8.78 Å². The van der Waals surface area contributed by atoms with Crippen molar-refractivity contribution < 1.29 is 18.3 Å². The monoisotopic (exact) mass is 279 g/mol. The van der Waals surface area contributed by atoms with Crippen molar-refractivity contribution in [1.82, 2.24) is 4.98 Å². The summed E-state index contributed by atoms with van der Waals surface area (Å²) in [5, 5.41) is 0.248. The van der Waals surface area contributed by atoms with Crippen LogP contribution < -0.4 is 4.74 Å². The van der Waals surface area contributed by atoms with Gasteiger partial charge in [-0.05, 0) is 6.07 Å². The maximum absolute atomic E-state index is 12.6. The SMILES string of the molecule is COc1c(C(F)F)cc(C=O)nc1CBr. The smallest absolute Gasteiger partial charge is 0.267 e. The topological polar surface area (TPSA) is 39.2 Å². The molecule has 6 heteroatoms. The van der Waals surface area contributed by atoms with Gasteiger partial charge in [-0.1, -0.05) is 15.9 Å². The number of ether oxygens (including phenoxy) is 1. The third-order valence-electron chi connectivity index (χ3n) is 1.78. The zero-order valence-electron chi connectivity index (χ0n) is 7.84. The lowest BCUT2D eigenvalue weighted by Gasteiger charge is -2.11. The number of alkyl halides is 3. The zero-order valence-corrected chi connectivity index (χ0v) is 9.42. The van der Waals surface area contributed by atoms with Gasteiger partial charge in [0.05, 0.1) is 18.4 Å². The van der Waals surface area contributed by atoms with Crippen molar-refractivity contribution in [3.05, 3.63) is 23.0 Å². The minimum absolute atomic E-state index is 0.0208. The summed E-state index contributed by atoms with van der Waals surface area (Å²) < 4.78 is 30.1. The van der Waals surface area contributed by atoms with Gasteiger partial charge in [-0.2, -0.15) is 0 Å². The molecule has 1 aromatic rings. The van der Waals surface area contributed by atoms with Gasteiger partial charge in [0, 0.05) is 5.33 Å². The average molecular weight is 280 g/mol. The lowest BCUT2D eigenvalue weighted by Crippen LogP contribution is -2.02. The number of nitrogens with zero attached hydrogens (tertiary/aromatic N) is 1. The van der Waals surface area contributed by atoms with Gasteiger partial charge in [0.1, 0.15) is 11.4 Å². The van der Waals surface area contributed by atoms with Crippen molar-refractivity contribution in [1.29, 1.82) is 0 Å². The van der Waals surface area contributed by atoms with Gasteiger partial charge in [-0.3, -0.25) is 4.79 Å². The number of hydrogen-bond acceptors (Lipinski definition) is 3. The van der Waals surface area contributed by atoms with Crippen LogP contribution in [0.5, 0.6) is 5.75 Å². The quantitative estimate of drug-likeness (QED) is 0.628. The third kappa shape index (κ3) is 2.50. The van der Waals surface area contributed by atoms with Gasteiger partial charge in [-0.15, -0.1) is 0 Å². The number of carbonyl (C=O) groups is 1. The maximum atomic E-state index is 12.6. The predicted molar refractivity (Wildman–Crippen MR) is 53.8 cm³/mol. The average Bonchev–Trinajstić information content (AvgIpc) is 2.26. The molecule has 0 aliphatic heterocycles. The van der Waals surface area contributed by atoms with Crippen molar-refractivity contribution in [2.24, 2.45) is 0 Å². The Hall–Kier alpha value is -1.04. The van der Waals surface area contributed by atoms with E-state index in [1.54, 1.807) is 0 Å². The molecule has 0 bridgehead atoms. The van der Waals surface area contributed by atoms with Crippen molar-refractivity contribution in [3.63, 3.8) is 0 Å². The molecule has 0 aliphatic carbocycles. The Morgan fingerprint density at radius 1 is 1.67 bits per heavy atom. The summed E-state index contributed by atoms with van der Waals surface area (Å²) in [6.45, 7) is 0. The van der Waals surface area contributed by atoms with Gasteiger partial charge in [-0.25, -0.2) is 13.8 Å². The highest BCUT2D eigenvalue weighted by Gasteiger charge is 2.19. The van der Waals surface area contributed by atoms with Crippen LogP contribution in [0.3, 0.4) is 0 Å². The summed E-state index contributed by atoms with van der Waals surface area (Å²) in [5.41, 5.74) is -0.0537. The van der Waals surface area contributed by atoms with Crippen molar-refractivity contribution in [2.75, 3.05) is 7.11 Å². The third-order valence-corrected chi connectivity index (χ3v) is 2.31. The first kappa shape index (κ1) is 12.0. The number of halogens is 3. The molecule has 1 aromatic heterocycles. The number of rotatable bonds is 4.